The molecule has 2 heteroatoms. The first-order chi connectivity index (χ1) is 17.6. The van der Waals surface area contributed by atoms with Gasteiger partial charge in [-0.25, -0.2) is 0 Å². The SMILES string of the molecule is CN1C2CCCCC2C2C3CCCCC3C([Si](C)(C)C3C4CCCCC4C4C5CCCCC5CC43)C21. The minimum absolute atomic E-state index is 0.956. The largest absolute Gasteiger partial charge is 0.300 e. The van der Waals surface area contributed by atoms with Gasteiger partial charge in [-0.2, -0.15) is 0 Å². The second kappa shape index (κ2) is 8.84. The first-order valence-corrected chi connectivity index (χ1v) is 20.4. The van der Waals surface area contributed by atoms with Crippen LogP contribution in [-0.4, -0.2) is 32.1 Å². The minimum Gasteiger partial charge on any atom is -0.300 e. The number of rotatable bonds is 2. The Labute approximate surface area is 224 Å². The predicted octanol–water partition coefficient (Wildman–Crippen LogP) is 9.01. The molecule has 1 nitrogen and oxygen atoms in total. The molecule has 8 fully saturated rings. The van der Waals surface area contributed by atoms with E-state index < -0.39 is 8.07 Å². The predicted molar refractivity (Wildman–Crippen MR) is 154 cm³/mol. The lowest BCUT2D eigenvalue weighted by molar-refractivity contribution is 0.133. The van der Waals surface area contributed by atoms with E-state index in [1.54, 1.807) is 96.3 Å². The van der Waals surface area contributed by atoms with Gasteiger partial charge in [0.1, 0.15) is 0 Å². The highest BCUT2D eigenvalue weighted by Crippen LogP contribution is 2.73. The summed E-state index contributed by atoms with van der Waals surface area (Å²) < 4.78 is 0. The molecule has 36 heavy (non-hydrogen) atoms. The van der Waals surface area contributed by atoms with Gasteiger partial charge in [-0.15, -0.1) is 0 Å². The average Bonchev–Trinajstić information content (AvgIpc) is 3.61. The molecule has 202 valence electrons. The second-order valence-electron chi connectivity index (χ2n) is 16.5. The number of nitrogens with zero attached hydrogens (tertiary/aromatic N) is 1. The van der Waals surface area contributed by atoms with Gasteiger partial charge < -0.3 is 0 Å². The Kier molecular flexibility index (Phi) is 5.90. The van der Waals surface area contributed by atoms with E-state index in [1.165, 1.54) is 24.3 Å². The van der Waals surface area contributed by atoms with E-state index in [9.17, 15) is 0 Å². The summed E-state index contributed by atoms with van der Waals surface area (Å²) in [5.74, 6) is 11.3. The Morgan fingerprint density at radius 2 is 1.03 bits per heavy atom. The van der Waals surface area contributed by atoms with Crippen LogP contribution in [0.5, 0.6) is 0 Å². The Bertz CT molecular complexity index is 837. The lowest BCUT2D eigenvalue weighted by Crippen LogP contribution is -2.51. The van der Waals surface area contributed by atoms with Gasteiger partial charge >= 0.3 is 0 Å². The molecule has 1 saturated heterocycles. The third-order valence-electron chi connectivity index (χ3n) is 15.4. The third kappa shape index (κ3) is 3.21. The fraction of sp³-hybridized carbons (Fsp3) is 1.00. The van der Waals surface area contributed by atoms with Gasteiger partial charge in [0.15, 0.2) is 0 Å². The van der Waals surface area contributed by atoms with Crippen molar-refractivity contribution in [3.8, 4) is 0 Å². The highest BCUT2D eigenvalue weighted by molar-refractivity contribution is 6.80. The molecule has 0 aromatic rings. The molecular weight excluding hydrogens is 450 g/mol. The Morgan fingerprint density at radius 3 is 1.75 bits per heavy atom. The molecule has 0 aromatic heterocycles. The van der Waals surface area contributed by atoms with Crippen molar-refractivity contribution < 1.29 is 0 Å². The quantitative estimate of drug-likeness (QED) is 0.337. The average molecular weight is 508 g/mol. The molecule has 1 aliphatic heterocycles. The van der Waals surface area contributed by atoms with Crippen LogP contribution in [0.15, 0.2) is 0 Å². The van der Waals surface area contributed by atoms with Crippen molar-refractivity contribution in [1.82, 2.24) is 4.90 Å². The topological polar surface area (TPSA) is 3.24 Å². The van der Waals surface area contributed by atoms with Gasteiger partial charge in [-0.3, -0.25) is 4.90 Å². The van der Waals surface area contributed by atoms with Crippen LogP contribution in [-0.2, 0) is 0 Å². The normalized spacial score (nSPS) is 56.4. The number of hydrogen-bond donors (Lipinski definition) is 0. The van der Waals surface area contributed by atoms with E-state index in [0.29, 0.717) is 0 Å². The molecule has 0 bridgehead atoms. The Morgan fingerprint density at radius 1 is 0.500 bits per heavy atom. The maximum Gasteiger partial charge on any atom is 0.0561 e. The second-order valence-corrected chi connectivity index (χ2v) is 21.5. The van der Waals surface area contributed by atoms with Crippen LogP contribution < -0.4 is 0 Å². The van der Waals surface area contributed by atoms with Gasteiger partial charge in [-0.05, 0) is 116 Å². The summed E-state index contributed by atoms with van der Waals surface area (Å²) >= 11 is 0. The smallest absolute Gasteiger partial charge is 0.0561 e. The van der Waals surface area contributed by atoms with Gasteiger partial charge in [0.25, 0.3) is 0 Å². The summed E-state index contributed by atoms with van der Waals surface area (Å²) in [5.41, 5.74) is 2.30. The fourth-order valence-electron chi connectivity index (χ4n) is 14.9. The van der Waals surface area contributed by atoms with E-state index in [1.807, 2.05) is 0 Å². The third-order valence-corrected chi connectivity index (χ3v) is 20.5. The molecule has 7 aliphatic carbocycles. The van der Waals surface area contributed by atoms with Gasteiger partial charge in [0.2, 0.25) is 0 Å². The summed E-state index contributed by atoms with van der Waals surface area (Å²) in [4.78, 5) is 3.10. The van der Waals surface area contributed by atoms with E-state index in [2.05, 4.69) is 25.0 Å². The lowest BCUT2D eigenvalue weighted by Gasteiger charge is -2.50. The Balaban J connectivity index is 1.19. The number of hydrogen-bond acceptors (Lipinski definition) is 1. The van der Waals surface area contributed by atoms with Crippen LogP contribution in [0.1, 0.15) is 109 Å². The molecule has 0 N–H and O–H groups in total. The van der Waals surface area contributed by atoms with E-state index in [-0.39, 0.29) is 0 Å². The molecule has 8 aliphatic rings. The van der Waals surface area contributed by atoms with Crippen molar-refractivity contribution in [1.29, 1.82) is 0 Å². The van der Waals surface area contributed by atoms with Crippen molar-refractivity contribution >= 4 is 8.07 Å². The van der Waals surface area contributed by atoms with Gasteiger partial charge in [0, 0.05) is 12.1 Å². The zero-order valence-corrected chi connectivity index (χ0v) is 25.1. The zero-order chi connectivity index (χ0) is 24.2. The van der Waals surface area contributed by atoms with Crippen LogP contribution >= 0.6 is 0 Å². The van der Waals surface area contributed by atoms with Crippen LogP contribution in [0.25, 0.3) is 0 Å². The molecule has 7 saturated carbocycles. The highest BCUT2D eigenvalue weighted by atomic mass is 28.3. The van der Waals surface area contributed by atoms with Crippen LogP contribution in [0.3, 0.4) is 0 Å². The number of fused-ring (bicyclic) bond motifs is 10. The molecule has 8 rings (SSSR count). The highest BCUT2D eigenvalue weighted by Gasteiger charge is 2.69. The summed E-state index contributed by atoms with van der Waals surface area (Å²) in [5, 5.41) is 0. The first kappa shape index (κ1) is 24.0. The molecule has 0 radical (unpaired) electrons. The molecule has 0 aromatic carbocycles. The van der Waals surface area contributed by atoms with Crippen LogP contribution in [0, 0.1) is 59.2 Å². The molecule has 1 heterocycles. The van der Waals surface area contributed by atoms with Crippen molar-refractivity contribution in [2.75, 3.05) is 7.05 Å². The van der Waals surface area contributed by atoms with Crippen molar-refractivity contribution in [2.24, 2.45) is 59.2 Å². The van der Waals surface area contributed by atoms with Crippen molar-refractivity contribution in [3.05, 3.63) is 0 Å². The zero-order valence-electron chi connectivity index (χ0n) is 24.1. The van der Waals surface area contributed by atoms with E-state index in [0.717, 1.165) is 70.9 Å². The summed E-state index contributed by atoms with van der Waals surface area (Å²) in [6.07, 6.45) is 26.9. The molecular formula is C34H57NSi. The van der Waals surface area contributed by atoms with E-state index >= 15 is 0 Å². The van der Waals surface area contributed by atoms with Crippen LogP contribution in [0.4, 0.5) is 0 Å². The molecule has 0 amide bonds. The van der Waals surface area contributed by atoms with Crippen LogP contribution in [0.2, 0.25) is 24.2 Å². The first-order valence-electron chi connectivity index (χ1n) is 17.3. The van der Waals surface area contributed by atoms with Gasteiger partial charge in [0.05, 0.1) is 8.07 Å². The summed E-state index contributed by atoms with van der Waals surface area (Å²) in [6.45, 7) is 6.06. The van der Waals surface area contributed by atoms with Crippen molar-refractivity contribution in [2.45, 2.75) is 145 Å². The lowest BCUT2D eigenvalue weighted by atomic mass is 9.69. The maximum atomic E-state index is 3.10. The monoisotopic (exact) mass is 507 g/mol. The van der Waals surface area contributed by atoms with Gasteiger partial charge in [-0.1, -0.05) is 83.7 Å². The fourth-order valence-corrected chi connectivity index (χ4v) is 21.2. The Hall–Kier alpha value is 0.177. The van der Waals surface area contributed by atoms with E-state index in [4.69, 9.17) is 0 Å². The molecule has 14 atom stereocenters. The summed E-state index contributed by atoms with van der Waals surface area (Å²) in [7, 11) is 1.21. The summed E-state index contributed by atoms with van der Waals surface area (Å²) in [6, 6.07) is 1.94. The molecule has 14 unspecified atom stereocenters. The molecule has 0 spiro atoms. The minimum atomic E-state index is -1.44. The van der Waals surface area contributed by atoms with Crippen molar-refractivity contribution in [3.63, 3.8) is 0 Å². The maximum absolute atomic E-state index is 3.10. The standard InChI is InChI=1S/C34H57NSi/c1-35-29-19-11-10-18-27(29)31-24-15-7-9-17-26(24)34(32(31)35)36(2,3)33-25-16-8-6-14-23(25)30-22-13-5-4-12-21(22)20-28(30)33/h21-34H,4-20H2,1-3H3. The number of likely N-dealkylation sites (tertiary alicyclic amines) is 1.